The van der Waals surface area contributed by atoms with Crippen LogP contribution >= 0.6 is 22.9 Å². The van der Waals surface area contributed by atoms with E-state index < -0.39 is 5.82 Å². The standard InChI is InChI=1S/C15H10ClFN2O2S/c16-10-7-9(17)5-6-12(10)21-8-14(20)19-15-18-11-3-1-2-4-13(11)22-15/h1-7H,8H2,(H,18,19,20). The number of hydrogen-bond donors (Lipinski definition) is 1. The van der Waals surface area contributed by atoms with Crippen LogP contribution in [0.4, 0.5) is 9.52 Å². The predicted octanol–water partition coefficient (Wildman–Crippen LogP) is 4.11. The van der Waals surface area contributed by atoms with E-state index in [-0.39, 0.29) is 23.3 Å². The Bertz CT molecular complexity index is 804. The molecule has 0 radical (unpaired) electrons. The number of fused-ring (bicyclic) bond motifs is 1. The van der Waals surface area contributed by atoms with E-state index in [0.29, 0.717) is 5.13 Å². The molecule has 3 rings (SSSR count). The molecule has 1 N–H and O–H groups in total. The Morgan fingerprint density at radius 1 is 1.32 bits per heavy atom. The third-order valence-electron chi connectivity index (χ3n) is 2.79. The average molecular weight is 337 g/mol. The zero-order chi connectivity index (χ0) is 15.5. The number of ether oxygens (including phenoxy) is 1. The van der Waals surface area contributed by atoms with Gasteiger partial charge in [-0.2, -0.15) is 0 Å². The molecule has 3 aromatic rings. The molecule has 1 aromatic heterocycles. The average Bonchev–Trinajstić information content (AvgIpc) is 2.88. The maximum absolute atomic E-state index is 12.9. The van der Waals surface area contributed by atoms with Crippen LogP contribution in [0.5, 0.6) is 5.75 Å². The maximum atomic E-state index is 12.9. The minimum absolute atomic E-state index is 0.118. The monoisotopic (exact) mass is 336 g/mol. The Morgan fingerprint density at radius 3 is 2.91 bits per heavy atom. The number of nitrogens with one attached hydrogen (secondary N) is 1. The van der Waals surface area contributed by atoms with Crippen molar-refractivity contribution in [1.82, 2.24) is 4.98 Å². The lowest BCUT2D eigenvalue weighted by molar-refractivity contribution is -0.118. The highest BCUT2D eigenvalue weighted by atomic mass is 35.5. The molecule has 1 amide bonds. The van der Waals surface area contributed by atoms with E-state index in [1.807, 2.05) is 24.3 Å². The van der Waals surface area contributed by atoms with E-state index in [2.05, 4.69) is 10.3 Å². The molecule has 0 fully saturated rings. The summed E-state index contributed by atoms with van der Waals surface area (Å²) in [6.45, 7) is -0.235. The fraction of sp³-hybridized carbons (Fsp3) is 0.0667. The van der Waals surface area contributed by atoms with Crippen molar-refractivity contribution in [2.75, 3.05) is 11.9 Å². The summed E-state index contributed by atoms with van der Waals surface area (Å²) in [5, 5.41) is 3.28. The van der Waals surface area contributed by atoms with Crippen molar-refractivity contribution >= 4 is 44.2 Å². The largest absolute Gasteiger partial charge is 0.482 e. The van der Waals surface area contributed by atoms with Gasteiger partial charge in [0.05, 0.1) is 15.2 Å². The number of rotatable bonds is 4. The number of nitrogens with zero attached hydrogens (tertiary/aromatic N) is 1. The number of hydrogen-bond acceptors (Lipinski definition) is 4. The number of amides is 1. The van der Waals surface area contributed by atoms with Crippen LogP contribution in [0.3, 0.4) is 0 Å². The first-order valence-corrected chi connectivity index (χ1v) is 7.54. The summed E-state index contributed by atoms with van der Waals surface area (Å²) in [4.78, 5) is 16.1. The van der Waals surface area contributed by atoms with Crippen molar-refractivity contribution < 1.29 is 13.9 Å². The Balaban J connectivity index is 1.62. The normalized spacial score (nSPS) is 10.6. The fourth-order valence-corrected chi connectivity index (χ4v) is 2.92. The SMILES string of the molecule is O=C(COc1ccc(F)cc1Cl)Nc1nc2ccccc2s1. The van der Waals surface area contributed by atoms with Gasteiger partial charge in [-0.25, -0.2) is 9.37 Å². The molecule has 0 aliphatic heterocycles. The van der Waals surface area contributed by atoms with E-state index in [9.17, 15) is 9.18 Å². The van der Waals surface area contributed by atoms with Gasteiger partial charge in [0.2, 0.25) is 0 Å². The first kappa shape index (κ1) is 14.7. The van der Waals surface area contributed by atoms with E-state index in [1.165, 1.54) is 23.5 Å². The second kappa shape index (κ2) is 6.29. The molecule has 0 aliphatic carbocycles. The van der Waals surface area contributed by atoms with Gasteiger partial charge in [0, 0.05) is 0 Å². The second-order valence-corrected chi connectivity index (χ2v) is 5.84. The van der Waals surface area contributed by atoms with Gasteiger partial charge in [-0.1, -0.05) is 35.1 Å². The van der Waals surface area contributed by atoms with Gasteiger partial charge >= 0.3 is 0 Å². The molecule has 0 saturated heterocycles. The molecule has 0 unspecified atom stereocenters. The van der Waals surface area contributed by atoms with Gasteiger partial charge < -0.3 is 4.74 Å². The second-order valence-electron chi connectivity index (χ2n) is 4.40. The minimum Gasteiger partial charge on any atom is -0.482 e. The van der Waals surface area contributed by atoms with E-state index in [4.69, 9.17) is 16.3 Å². The molecule has 7 heteroatoms. The Morgan fingerprint density at radius 2 is 2.14 bits per heavy atom. The highest BCUT2D eigenvalue weighted by Gasteiger charge is 2.10. The smallest absolute Gasteiger partial charge is 0.264 e. The van der Waals surface area contributed by atoms with Crippen LogP contribution in [0.1, 0.15) is 0 Å². The van der Waals surface area contributed by atoms with Crippen LogP contribution in [0.25, 0.3) is 10.2 Å². The third kappa shape index (κ3) is 3.35. The molecular formula is C15H10ClFN2O2S. The lowest BCUT2D eigenvalue weighted by atomic mass is 10.3. The highest BCUT2D eigenvalue weighted by Crippen LogP contribution is 2.26. The molecule has 2 aromatic carbocycles. The van der Waals surface area contributed by atoms with Crippen molar-refractivity contribution in [3.8, 4) is 5.75 Å². The van der Waals surface area contributed by atoms with E-state index in [0.717, 1.165) is 16.3 Å². The maximum Gasteiger partial charge on any atom is 0.264 e. The summed E-state index contributed by atoms with van der Waals surface area (Å²) < 4.78 is 19.2. The molecular weight excluding hydrogens is 327 g/mol. The molecule has 112 valence electrons. The van der Waals surface area contributed by atoms with Crippen molar-refractivity contribution in [3.63, 3.8) is 0 Å². The number of benzene rings is 2. The number of thiazole rings is 1. The molecule has 0 saturated carbocycles. The molecule has 22 heavy (non-hydrogen) atoms. The van der Waals surface area contributed by atoms with Gasteiger partial charge in [-0.3, -0.25) is 10.1 Å². The molecule has 0 atom stereocenters. The lowest BCUT2D eigenvalue weighted by Gasteiger charge is -2.07. The summed E-state index contributed by atoms with van der Waals surface area (Å²) >= 11 is 7.20. The van der Waals surface area contributed by atoms with Crippen molar-refractivity contribution in [1.29, 1.82) is 0 Å². The van der Waals surface area contributed by atoms with Crippen molar-refractivity contribution in [2.24, 2.45) is 0 Å². The van der Waals surface area contributed by atoms with Crippen LogP contribution in [-0.2, 0) is 4.79 Å². The highest BCUT2D eigenvalue weighted by molar-refractivity contribution is 7.22. The van der Waals surface area contributed by atoms with Gasteiger partial charge in [-0.15, -0.1) is 0 Å². The predicted molar refractivity (Wildman–Crippen MR) is 85.2 cm³/mol. The molecule has 0 aliphatic rings. The van der Waals surface area contributed by atoms with Crippen LogP contribution in [-0.4, -0.2) is 17.5 Å². The first-order valence-electron chi connectivity index (χ1n) is 6.35. The van der Waals surface area contributed by atoms with Crippen LogP contribution in [0.15, 0.2) is 42.5 Å². The number of carbonyl (C=O) groups is 1. The number of halogens is 2. The summed E-state index contributed by atoms with van der Waals surface area (Å²) in [7, 11) is 0. The van der Waals surface area contributed by atoms with Crippen molar-refractivity contribution in [3.05, 3.63) is 53.3 Å². The number of carbonyl (C=O) groups excluding carboxylic acids is 1. The van der Waals surface area contributed by atoms with Crippen LogP contribution in [0.2, 0.25) is 5.02 Å². The quantitative estimate of drug-likeness (QED) is 0.780. The van der Waals surface area contributed by atoms with Crippen molar-refractivity contribution in [2.45, 2.75) is 0 Å². The Hall–Kier alpha value is -2.18. The molecule has 0 spiro atoms. The van der Waals surface area contributed by atoms with Gasteiger partial charge in [0.15, 0.2) is 11.7 Å². The van der Waals surface area contributed by atoms with Crippen LogP contribution in [0, 0.1) is 5.82 Å². The molecule has 0 bridgehead atoms. The molecule has 1 heterocycles. The zero-order valence-corrected chi connectivity index (χ0v) is 12.7. The fourth-order valence-electron chi connectivity index (χ4n) is 1.82. The number of aromatic nitrogens is 1. The summed E-state index contributed by atoms with van der Waals surface area (Å²) in [5.41, 5.74) is 0.824. The van der Waals surface area contributed by atoms with Gasteiger partial charge in [0.1, 0.15) is 11.6 Å². The molecule has 4 nitrogen and oxygen atoms in total. The lowest BCUT2D eigenvalue weighted by Crippen LogP contribution is -2.20. The van der Waals surface area contributed by atoms with Gasteiger partial charge in [-0.05, 0) is 30.3 Å². The summed E-state index contributed by atoms with van der Waals surface area (Å²) in [5.74, 6) is -0.571. The minimum atomic E-state index is -0.462. The Kier molecular flexibility index (Phi) is 4.22. The van der Waals surface area contributed by atoms with Gasteiger partial charge in [0.25, 0.3) is 5.91 Å². The third-order valence-corrected chi connectivity index (χ3v) is 4.04. The topological polar surface area (TPSA) is 51.2 Å². The summed E-state index contributed by atoms with van der Waals surface area (Å²) in [6, 6.07) is 11.3. The first-order chi connectivity index (χ1) is 10.6. The summed E-state index contributed by atoms with van der Waals surface area (Å²) in [6.07, 6.45) is 0. The Labute approximate surface area is 134 Å². The van der Waals surface area contributed by atoms with E-state index in [1.54, 1.807) is 0 Å². The number of anilines is 1. The van der Waals surface area contributed by atoms with Crippen LogP contribution < -0.4 is 10.1 Å². The zero-order valence-electron chi connectivity index (χ0n) is 11.2. The van der Waals surface area contributed by atoms with E-state index >= 15 is 0 Å². The number of para-hydroxylation sites is 1.